The molecule has 0 saturated carbocycles. The number of nitrogens with one attached hydrogen (secondary N) is 1. The van der Waals surface area contributed by atoms with Crippen LogP contribution in [0.15, 0.2) is 24.4 Å². The first-order valence-electron chi connectivity index (χ1n) is 6.32. The molecule has 0 radical (unpaired) electrons. The highest BCUT2D eigenvalue weighted by Gasteiger charge is 2.17. The van der Waals surface area contributed by atoms with Gasteiger partial charge in [-0.2, -0.15) is 0 Å². The van der Waals surface area contributed by atoms with Crippen LogP contribution in [0, 0.1) is 0 Å². The number of aromatic nitrogens is 1. The molecule has 0 saturated heterocycles. The lowest BCUT2D eigenvalue weighted by Crippen LogP contribution is -2.26. The van der Waals surface area contributed by atoms with E-state index in [4.69, 9.17) is 17.3 Å². The van der Waals surface area contributed by atoms with Crippen LogP contribution in [0.4, 0.5) is 5.69 Å². The second kappa shape index (κ2) is 6.24. The van der Waals surface area contributed by atoms with Gasteiger partial charge in [0.2, 0.25) is 0 Å². The minimum Gasteiger partial charge on any atom is -0.398 e. The summed E-state index contributed by atoms with van der Waals surface area (Å²) >= 11 is 7.65. The second-order valence-corrected chi connectivity index (χ2v) is 5.95. The Bertz CT molecular complexity index is 627. The van der Waals surface area contributed by atoms with E-state index in [2.05, 4.69) is 17.2 Å². The second-order valence-electron chi connectivity index (χ2n) is 4.42. The quantitative estimate of drug-likeness (QED) is 0.850. The van der Waals surface area contributed by atoms with Crippen molar-refractivity contribution in [1.82, 2.24) is 10.3 Å². The van der Waals surface area contributed by atoms with E-state index < -0.39 is 0 Å². The van der Waals surface area contributed by atoms with Gasteiger partial charge in [0.25, 0.3) is 5.91 Å². The Kier molecular flexibility index (Phi) is 4.62. The van der Waals surface area contributed by atoms with Crippen LogP contribution in [0.25, 0.3) is 0 Å². The van der Waals surface area contributed by atoms with Crippen molar-refractivity contribution >= 4 is 34.5 Å². The molecule has 6 heteroatoms. The number of anilines is 1. The van der Waals surface area contributed by atoms with Crippen LogP contribution in [0.5, 0.6) is 0 Å². The molecule has 1 atom stereocenters. The smallest absolute Gasteiger partial charge is 0.253 e. The number of nitrogens with two attached hydrogens (primary N) is 1. The normalized spacial score (nSPS) is 12.2. The summed E-state index contributed by atoms with van der Waals surface area (Å²) in [4.78, 5) is 17.7. The summed E-state index contributed by atoms with van der Waals surface area (Å²) in [5.41, 5.74) is 6.48. The number of halogens is 1. The highest BCUT2D eigenvalue weighted by atomic mass is 35.5. The number of amides is 1. The number of carbonyl (C=O) groups excluding carboxylic acids is 1. The molecule has 4 nitrogen and oxygen atoms in total. The van der Waals surface area contributed by atoms with Gasteiger partial charge in [-0.15, -0.1) is 11.3 Å². The van der Waals surface area contributed by atoms with Gasteiger partial charge in [-0.3, -0.25) is 4.79 Å². The number of hydrogen-bond donors (Lipinski definition) is 2. The lowest BCUT2D eigenvalue weighted by atomic mass is 10.1. The van der Waals surface area contributed by atoms with Crippen LogP contribution < -0.4 is 11.1 Å². The average Bonchev–Trinajstić information content (AvgIpc) is 2.90. The molecule has 1 aromatic heterocycles. The summed E-state index contributed by atoms with van der Waals surface area (Å²) in [6.45, 7) is 3.98. The van der Waals surface area contributed by atoms with E-state index in [1.807, 2.05) is 13.1 Å². The predicted octanol–water partition coefficient (Wildman–Crippen LogP) is 3.43. The van der Waals surface area contributed by atoms with Crippen molar-refractivity contribution in [3.63, 3.8) is 0 Å². The highest BCUT2D eigenvalue weighted by Crippen LogP contribution is 2.25. The molecule has 1 heterocycles. The Balaban J connectivity index is 2.13. The van der Waals surface area contributed by atoms with Crippen LogP contribution in [-0.2, 0) is 6.42 Å². The maximum absolute atomic E-state index is 12.2. The van der Waals surface area contributed by atoms with Gasteiger partial charge in [-0.25, -0.2) is 4.98 Å². The summed E-state index contributed by atoms with van der Waals surface area (Å²) < 4.78 is 0. The molecule has 1 unspecified atom stereocenters. The van der Waals surface area contributed by atoms with Crippen molar-refractivity contribution in [2.45, 2.75) is 26.3 Å². The zero-order chi connectivity index (χ0) is 14.7. The number of rotatable bonds is 4. The number of aryl methyl sites for hydroxylation is 1. The number of nitrogens with zero attached hydrogens (tertiary/aromatic N) is 1. The van der Waals surface area contributed by atoms with Gasteiger partial charge in [-0.05, 0) is 25.5 Å². The van der Waals surface area contributed by atoms with Crippen molar-refractivity contribution < 1.29 is 4.79 Å². The zero-order valence-electron chi connectivity index (χ0n) is 11.3. The molecule has 0 aliphatic heterocycles. The molecule has 3 N–H and O–H groups in total. The average molecular weight is 310 g/mol. The van der Waals surface area contributed by atoms with Crippen LogP contribution in [0.3, 0.4) is 0 Å². The monoisotopic (exact) mass is 309 g/mol. The van der Waals surface area contributed by atoms with Gasteiger partial charge in [-0.1, -0.05) is 24.6 Å². The van der Waals surface area contributed by atoms with Crippen molar-refractivity contribution in [2.75, 3.05) is 5.73 Å². The molecule has 20 heavy (non-hydrogen) atoms. The highest BCUT2D eigenvalue weighted by molar-refractivity contribution is 7.11. The third-order valence-electron chi connectivity index (χ3n) is 2.91. The van der Waals surface area contributed by atoms with Gasteiger partial charge in [0.15, 0.2) is 0 Å². The van der Waals surface area contributed by atoms with E-state index in [9.17, 15) is 4.79 Å². The minimum atomic E-state index is -0.247. The molecule has 0 bridgehead atoms. The third-order valence-corrected chi connectivity index (χ3v) is 4.66. The van der Waals surface area contributed by atoms with E-state index in [1.165, 1.54) is 4.88 Å². The molecule has 0 spiro atoms. The molecular formula is C14H16ClN3OS. The summed E-state index contributed by atoms with van der Waals surface area (Å²) in [6.07, 6.45) is 2.79. The molecule has 0 aliphatic rings. The number of nitrogen functional groups attached to an aromatic ring is 1. The lowest BCUT2D eigenvalue weighted by molar-refractivity contribution is 0.0940. The fourth-order valence-electron chi connectivity index (χ4n) is 1.75. The summed E-state index contributed by atoms with van der Waals surface area (Å²) in [6, 6.07) is 4.86. The fourth-order valence-corrected chi connectivity index (χ4v) is 2.82. The maximum atomic E-state index is 12.2. The summed E-state index contributed by atoms with van der Waals surface area (Å²) in [7, 11) is 0. The molecule has 0 fully saturated rings. The van der Waals surface area contributed by atoms with Crippen molar-refractivity contribution in [1.29, 1.82) is 0 Å². The van der Waals surface area contributed by atoms with Crippen LogP contribution in [0.2, 0.25) is 5.02 Å². The van der Waals surface area contributed by atoms with E-state index >= 15 is 0 Å². The molecule has 0 aliphatic carbocycles. The first-order valence-corrected chi connectivity index (χ1v) is 7.51. The first-order chi connectivity index (χ1) is 9.52. The van der Waals surface area contributed by atoms with Gasteiger partial charge >= 0.3 is 0 Å². The summed E-state index contributed by atoms with van der Waals surface area (Å²) in [5, 5.41) is 4.05. The topological polar surface area (TPSA) is 68.0 Å². The number of hydrogen-bond acceptors (Lipinski definition) is 4. The van der Waals surface area contributed by atoms with E-state index in [1.54, 1.807) is 29.5 Å². The predicted molar refractivity (Wildman–Crippen MR) is 83.2 cm³/mol. The molecule has 2 rings (SSSR count). The van der Waals surface area contributed by atoms with Crippen molar-refractivity contribution in [3.05, 3.63) is 44.9 Å². The number of benzene rings is 1. The maximum Gasteiger partial charge on any atom is 0.253 e. The Hall–Kier alpha value is -1.59. The molecular weight excluding hydrogens is 294 g/mol. The Labute approximate surface area is 127 Å². The first kappa shape index (κ1) is 14.8. The van der Waals surface area contributed by atoms with Crippen LogP contribution >= 0.6 is 22.9 Å². The SMILES string of the molecule is CCc1cnc(C(C)NC(=O)c2cccc(N)c2Cl)s1. The minimum absolute atomic E-state index is 0.162. The van der Waals surface area contributed by atoms with E-state index in [0.29, 0.717) is 11.3 Å². The number of thiazole rings is 1. The Morgan fingerprint density at radius 2 is 2.30 bits per heavy atom. The van der Waals surface area contributed by atoms with E-state index in [-0.39, 0.29) is 17.0 Å². The third kappa shape index (κ3) is 3.11. The Morgan fingerprint density at radius 3 is 2.95 bits per heavy atom. The van der Waals surface area contributed by atoms with Crippen molar-refractivity contribution in [2.24, 2.45) is 0 Å². The van der Waals surface area contributed by atoms with Gasteiger partial charge in [0.05, 0.1) is 22.3 Å². The van der Waals surface area contributed by atoms with Crippen molar-refractivity contribution in [3.8, 4) is 0 Å². The van der Waals surface area contributed by atoms with Gasteiger partial charge in [0, 0.05) is 11.1 Å². The standard InChI is InChI=1S/C14H16ClN3OS/c1-3-9-7-17-14(20-9)8(2)18-13(19)10-5-4-6-11(16)12(10)15/h4-8H,3,16H2,1-2H3,(H,18,19). The number of carbonyl (C=O) groups is 1. The fraction of sp³-hybridized carbons (Fsp3) is 0.286. The lowest BCUT2D eigenvalue weighted by Gasteiger charge is -2.12. The molecule has 1 aromatic carbocycles. The Morgan fingerprint density at radius 1 is 1.55 bits per heavy atom. The molecule has 106 valence electrons. The van der Waals surface area contributed by atoms with Crippen LogP contribution in [0.1, 0.15) is 40.1 Å². The summed E-state index contributed by atoms with van der Waals surface area (Å²) in [5.74, 6) is -0.247. The zero-order valence-corrected chi connectivity index (χ0v) is 12.9. The molecule has 2 aromatic rings. The van der Waals surface area contributed by atoms with Gasteiger partial charge < -0.3 is 11.1 Å². The van der Waals surface area contributed by atoms with Crippen LogP contribution in [-0.4, -0.2) is 10.9 Å². The van der Waals surface area contributed by atoms with E-state index in [0.717, 1.165) is 11.4 Å². The van der Waals surface area contributed by atoms with Gasteiger partial charge in [0.1, 0.15) is 5.01 Å². The molecule has 1 amide bonds. The largest absolute Gasteiger partial charge is 0.398 e.